The monoisotopic (exact) mass is 226 g/mol. The molecule has 0 saturated carbocycles. The topological polar surface area (TPSA) is 37.3 Å². The molecule has 1 N–H and O–H groups in total. The predicted molar refractivity (Wildman–Crippen MR) is 50.5 cm³/mol. The summed E-state index contributed by atoms with van der Waals surface area (Å²) in [4.78, 5) is 14.2. The fourth-order valence-corrected chi connectivity index (χ4v) is 1.51. The molecule has 0 spiro atoms. The SMILES string of the molecule is Cc1cn2cc(Br)c(=O)cc2[nH]1. The van der Waals surface area contributed by atoms with Crippen molar-refractivity contribution >= 4 is 21.6 Å². The zero-order valence-corrected chi connectivity index (χ0v) is 8.05. The Bertz CT molecular complexity index is 483. The molecular formula is C8H7BrN2O. The average molecular weight is 227 g/mol. The van der Waals surface area contributed by atoms with Crippen molar-refractivity contribution in [3.05, 3.63) is 38.9 Å². The molecule has 12 heavy (non-hydrogen) atoms. The summed E-state index contributed by atoms with van der Waals surface area (Å²) in [6.45, 7) is 1.95. The van der Waals surface area contributed by atoms with Crippen LogP contribution in [-0.4, -0.2) is 9.38 Å². The molecule has 0 radical (unpaired) electrons. The molecule has 2 aromatic heterocycles. The third-order valence-electron chi connectivity index (χ3n) is 1.69. The van der Waals surface area contributed by atoms with Gasteiger partial charge in [0.05, 0.1) is 4.47 Å². The number of hydrogen-bond acceptors (Lipinski definition) is 1. The van der Waals surface area contributed by atoms with E-state index < -0.39 is 0 Å². The lowest BCUT2D eigenvalue weighted by atomic mass is 10.5. The number of aryl methyl sites for hydroxylation is 1. The number of rotatable bonds is 0. The number of pyridine rings is 1. The zero-order valence-electron chi connectivity index (χ0n) is 6.47. The van der Waals surface area contributed by atoms with Crippen molar-refractivity contribution < 1.29 is 0 Å². The lowest BCUT2D eigenvalue weighted by Crippen LogP contribution is -2.01. The van der Waals surface area contributed by atoms with E-state index >= 15 is 0 Å². The molecule has 0 bridgehead atoms. The van der Waals surface area contributed by atoms with Crippen LogP contribution in [0.3, 0.4) is 0 Å². The highest BCUT2D eigenvalue weighted by molar-refractivity contribution is 9.10. The van der Waals surface area contributed by atoms with Crippen LogP contribution in [0.1, 0.15) is 5.69 Å². The van der Waals surface area contributed by atoms with Crippen molar-refractivity contribution in [2.45, 2.75) is 6.92 Å². The Morgan fingerprint density at radius 3 is 3.00 bits per heavy atom. The molecule has 0 saturated heterocycles. The minimum atomic E-state index is -0.00292. The number of imidazole rings is 1. The molecule has 0 atom stereocenters. The summed E-state index contributed by atoms with van der Waals surface area (Å²) in [5, 5.41) is 0. The van der Waals surface area contributed by atoms with Crippen LogP contribution in [0.15, 0.2) is 27.7 Å². The second-order valence-electron chi connectivity index (χ2n) is 2.72. The molecule has 0 aromatic carbocycles. The Hall–Kier alpha value is -1.03. The van der Waals surface area contributed by atoms with Gasteiger partial charge >= 0.3 is 0 Å². The number of nitrogens with one attached hydrogen (secondary N) is 1. The summed E-state index contributed by atoms with van der Waals surface area (Å²) < 4.78 is 2.46. The van der Waals surface area contributed by atoms with Crippen molar-refractivity contribution in [1.82, 2.24) is 9.38 Å². The first-order chi connectivity index (χ1) is 5.66. The lowest BCUT2D eigenvalue weighted by Gasteiger charge is -1.91. The summed E-state index contributed by atoms with van der Waals surface area (Å²) in [6.07, 6.45) is 3.68. The van der Waals surface area contributed by atoms with Gasteiger partial charge in [-0.15, -0.1) is 0 Å². The van der Waals surface area contributed by atoms with E-state index in [0.717, 1.165) is 11.3 Å². The van der Waals surface area contributed by atoms with E-state index in [1.54, 1.807) is 12.3 Å². The van der Waals surface area contributed by atoms with E-state index in [2.05, 4.69) is 20.9 Å². The first-order valence-corrected chi connectivity index (χ1v) is 4.33. The first kappa shape index (κ1) is 7.61. The Labute approximate surface area is 77.2 Å². The predicted octanol–water partition coefficient (Wildman–Crippen LogP) is 1.70. The number of nitrogens with zero attached hydrogens (tertiary/aromatic N) is 1. The third-order valence-corrected chi connectivity index (χ3v) is 2.29. The van der Waals surface area contributed by atoms with Gasteiger partial charge in [0.25, 0.3) is 0 Å². The van der Waals surface area contributed by atoms with Gasteiger partial charge < -0.3 is 9.38 Å². The zero-order chi connectivity index (χ0) is 8.72. The number of fused-ring (bicyclic) bond motifs is 1. The number of halogens is 1. The maximum absolute atomic E-state index is 11.2. The Kier molecular flexibility index (Phi) is 1.58. The van der Waals surface area contributed by atoms with Gasteiger partial charge in [0.2, 0.25) is 0 Å². The van der Waals surface area contributed by atoms with Crippen molar-refractivity contribution in [2.24, 2.45) is 0 Å². The van der Waals surface area contributed by atoms with Crippen LogP contribution < -0.4 is 5.43 Å². The highest BCUT2D eigenvalue weighted by atomic mass is 79.9. The molecule has 2 heterocycles. The molecule has 2 aromatic rings. The molecule has 3 nitrogen and oxygen atoms in total. The van der Waals surface area contributed by atoms with E-state index in [-0.39, 0.29) is 5.43 Å². The van der Waals surface area contributed by atoms with Gasteiger partial charge in [-0.2, -0.15) is 0 Å². The van der Waals surface area contributed by atoms with Gasteiger partial charge in [-0.05, 0) is 22.9 Å². The van der Waals surface area contributed by atoms with Crippen molar-refractivity contribution in [2.75, 3.05) is 0 Å². The van der Waals surface area contributed by atoms with Crippen molar-refractivity contribution in [3.8, 4) is 0 Å². The maximum Gasteiger partial charge on any atom is 0.197 e. The summed E-state index contributed by atoms with van der Waals surface area (Å²) in [5.41, 5.74) is 1.85. The summed E-state index contributed by atoms with van der Waals surface area (Å²) >= 11 is 3.18. The Morgan fingerprint density at radius 2 is 2.25 bits per heavy atom. The lowest BCUT2D eigenvalue weighted by molar-refractivity contribution is 1.16. The molecular weight excluding hydrogens is 220 g/mol. The van der Waals surface area contributed by atoms with Gasteiger partial charge in [0.15, 0.2) is 5.43 Å². The van der Waals surface area contributed by atoms with Crippen LogP contribution in [0, 0.1) is 6.92 Å². The molecule has 0 unspecified atom stereocenters. The summed E-state index contributed by atoms with van der Waals surface area (Å²) in [5.74, 6) is 0. The number of H-pyrrole nitrogens is 1. The molecule has 0 aliphatic heterocycles. The minimum absolute atomic E-state index is 0.00292. The molecule has 2 rings (SSSR count). The normalized spacial score (nSPS) is 10.8. The second-order valence-corrected chi connectivity index (χ2v) is 3.57. The average Bonchev–Trinajstić information content (AvgIpc) is 2.30. The van der Waals surface area contributed by atoms with E-state index in [4.69, 9.17) is 0 Å². The van der Waals surface area contributed by atoms with Crippen LogP contribution in [0.25, 0.3) is 5.65 Å². The molecule has 4 heteroatoms. The smallest absolute Gasteiger partial charge is 0.197 e. The largest absolute Gasteiger partial charge is 0.344 e. The standard InChI is InChI=1S/C8H7BrN2O/c1-5-3-11-4-6(9)7(12)2-8(11)10-5/h2-4,10H,1H3. The summed E-state index contributed by atoms with van der Waals surface area (Å²) in [6, 6.07) is 1.57. The van der Waals surface area contributed by atoms with Crippen LogP contribution >= 0.6 is 15.9 Å². The van der Waals surface area contributed by atoms with E-state index in [0.29, 0.717) is 4.47 Å². The maximum atomic E-state index is 11.2. The molecule has 0 aliphatic carbocycles. The second kappa shape index (κ2) is 2.48. The first-order valence-electron chi connectivity index (χ1n) is 3.54. The number of aromatic nitrogens is 2. The highest BCUT2D eigenvalue weighted by Crippen LogP contribution is 2.06. The van der Waals surface area contributed by atoms with Gasteiger partial charge in [0.1, 0.15) is 5.65 Å². The van der Waals surface area contributed by atoms with Gasteiger partial charge in [-0.1, -0.05) is 0 Å². The fourth-order valence-electron chi connectivity index (χ4n) is 1.17. The number of hydrogen-bond donors (Lipinski definition) is 1. The van der Waals surface area contributed by atoms with E-state index in [1.165, 1.54) is 0 Å². The summed E-state index contributed by atoms with van der Waals surface area (Å²) in [7, 11) is 0. The molecule has 0 amide bonds. The fraction of sp³-hybridized carbons (Fsp3) is 0.125. The van der Waals surface area contributed by atoms with E-state index in [9.17, 15) is 4.79 Å². The van der Waals surface area contributed by atoms with Crippen LogP contribution in [0.5, 0.6) is 0 Å². The van der Waals surface area contributed by atoms with Gasteiger partial charge in [-0.3, -0.25) is 4.79 Å². The van der Waals surface area contributed by atoms with Gasteiger partial charge in [-0.25, -0.2) is 0 Å². The van der Waals surface area contributed by atoms with Gasteiger partial charge in [0, 0.05) is 24.2 Å². The molecule has 62 valence electrons. The van der Waals surface area contributed by atoms with E-state index in [1.807, 2.05) is 17.5 Å². The number of aromatic amines is 1. The molecule has 0 fully saturated rings. The third kappa shape index (κ3) is 1.08. The molecule has 0 aliphatic rings. The Morgan fingerprint density at radius 1 is 1.50 bits per heavy atom. The highest BCUT2D eigenvalue weighted by Gasteiger charge is 1.99. The van der Waals surface area contributed by atoms with Crippen LogP contribution in [0.4, 0.5) is 0 Å². The Balaban J connectivity index is 2.92. The van der Waals surface area contributed by atoms with Crippen LogP contribution in [-0.2, 0) is 0 Å². The van der Waals surface area contributed by atoms with Crippen molar-refractivity contribution in [1.29, 1.82) is 0 Å². The quantitative estimate of drug-likeness (QED) is 0.730. The minimum Gasteiger partial charge on any atom is -0.344 e. The van der Waals surface area contributed by atoms with Crippen LogP contribution in [0.2, 0.25) is 0 Å². The van der Waals surface area contributed by atoms with Crippen molar-refractivity contribution in [3.63, 3.8) is 0 Å².